The number of carbonyl (C=O) groups excluding carboxylic acids is 1. The number of fused-ring (bicyclic) bond motifs is 1. The van der Waals surface area contributed by atoms with E-state index in [9.17, 15) is 4.79 Å². The molecule has 1 unspecified atom stereocenters. The first kappa shape index (κ1) is 20.4. The Balaban J connectivity index is 1.76. The van der Waals surface area contributed by atoms with Crippen LogP contribution in [-0.4, -0.2) is 35.9 Å². The lowest BCUT2D eigenvalue weighted by Gasteiger charge is -2.24. The van der Waals surface area contributed by atoms with Crippen molar-refractivity contribution in [3.05, 3.63) is 53.1 Å². The average molecular weight is 427 g/mol. The summed E-state index contributed by atoms with van der Waals surface area (Å²) >= 11 is 3.28. The van der Waals surface area contributed by atoms with Crippen molar-refractivity contribution >= 4 is 44.4 Å². The van der Waals surface area contributed by atoms with E-state index < -0.39 is 0 Å². The smallest absolute Gasteiger partial charge is 0.261 e. The summed E-state index contributed by atoms with van der Waals surface area (Å²) < 4.78 is 6.98. The van der Waals surface area contributed by atoms with Gasteiger partial charge in [-0.1, -0.05) is 36.5 Å². The Bertz CT molecular complexity index is 1020. The minimum absolute atomic E-state index is 0.00508. The van der Waals surface area contributed by atoms with Crippen molar-refractivity contribution in [3.63, 3.8) is 0 Å². The van der Waals surface area contributed by atoms with Crippen molar-refractivity contribution in [1.82, 2.24) is 4.98 Å². The van der Waals surface area contributed by atoms with E-state index in [0.29, 0.717) is 6.54 Å². The van der Waals surface area contributed by atoms with Gasteiger partial charge in [0.15, 0.2) is 5.13 Å². The van der Waals surface area contributed by atoms with E-state index in [-0.39, 0.29) is 12.0 Å². The number of aromatic nitrogens is 1. The van der Waals surface area contributed by atoms with Crippen LogP contribution in [0, 0.1) is 13.8 Å². The zero-order chi connectivity index (χ0) is 20.4. The van der Waals surface area contributed by atoms with Gasteiger partial charge >= 0.3 is 0 Å². The fourth-order valence-corrected chi connectivity index (χ4v) is 5.47. The van der Waals surface area contributed by atoms with Crippen LogP contribution in [0.15, 0.2) is 41.3 Å². The van der Waals surface area contributed by atoms with Crippen LogP contribution >= 0.6 is 23.1 Å². The number of aryl methyl sites for hydroxylation is 2. The van der Waals surface area contributed by atoms with Crippen LogP contribution in [0.3, 0.4) is 0 Å². The van der Waals surface area contributed by atoms with Gasteiger partial charge in [-0.25, -0.2) is 4.98 Å². The van der Waals surface area contributed by atoms with Gasteiger partial charge in [-0.15, -0.1) is 11.8 Å². The molecule has 0 saturated carbocycles. The summed E-state index contributed by atoms with van der Waals surface area (Å²) in [5.74, 6) is 0.931. The van der Waals surface area contributed by atoms with Gasteiger partial charge in [-0.3, -0.25) is 9.69 Å². The van der Waals surface area contributed by atoms with Gasteiger partial charge in [0, 0.05) is 11.5 Å². The molecule has 0 N–H and O–H groups in total. The Morgan fingerprint density at radius 1 is 1.28 bits per heavy atom. The predicted molar refractivity (Wildman–Crippen MR) is 123 cm³/mol. The van der Waals surface area contributed by atoms with E-state index in [4.69, 9.17) is 9.72 Å². The number of rotatable bonds is 6. The number of amides is 1. The number of nitrogens with zero attached hydrogens (tertiary/aromatic N) is 2. The minimum Gasteiger partial charge on any atom is -0.376 e. The number of benzene rings is 2. The topological polar surface area (TPSA) is 42.4 Å². The summed E-state index contributed by atoms with van der Waals surface area (Å²) in [4.78, 5) is 21.4. The fraction of sp³-hybridized carbons (Fsp3) is 0.391. The molecule has 4 rings (SSSR count). The molecule has 1 aromatic heterocycles. The third kappa shape index (κ3) is 4.20. The summed E-state index contributed by atoms with van der Waals surface area (Å²) in [7, 11) is 0. The largest absolute Gasteiger partial charge is 0.376 e. The molecule has 0 spiro atoms. The van der Waals surface area contributed by atoms with Crippen molar-refractivity contribution in [2.75, 3.05) is 23.8 Å². The normalized spacial score (nSPS) is 16.4. The molecule has 29 heavy (non-hydrogen) atoms. The van der Waals surface area contributed by atoms with Crippen molar-refractivity contribution in [3.8, 4) is 0 Å². The van der Waals surface area contributed by atoms with Crippen LogP contribution in [0.4, 0.5) is 5.13 Å². The molecule has 6 heteroatoms. The number of hydrogen-bond acceptors (Lipinski definition) is 5. The second kappa shape index (κ2) is 8.86. The minimum atomic E-state index is 0.00508. The zero-order valence-corrected chi connectivity index (χ0v) is 18.7. The van der Waals surface area contributed by atoms with Crippen molar-refractivity contribution in [2.24, 2.45) is 0 Å². The Morgan fingerprint density at radius 2 is 2.10 bits per heavy atom. The number of ether oxygens (including phenoxy) is 1. The highest BCUT2D eigenvalue weighted by molar-refractivity contribution is 7.99. The average Bonchev–Trinajstić information content (AvgIpc) is 3.39. The SMILES string of the molecule is CCSc1ccccc1C(=O)N(CC1CCCO1)c1nc2c(C)c(C)ccc2s1. The lowest BCUT2D eigenvalue weighted by atomic mass is 10.1. The highest BCUT2D eigenvalue weighted by Crippen LogP contribution is 2.34. The molecule has 1 aliphatic heterocycles. The van der Waals surface area contributed by atoms with Crippen LogP contribution in [0.1, 0.15) is 41.3 Å². The zero-order valence-electron chi connectivity index (χ0n) is 17.1. The van der Waals surface area contributed by atoms with Gasteiger partial charge in [0.25, 0.3) is 5.91 Å². The molecule has 1 fully saturated rings. The van der Waals surface area contributed by atoms with Gasteiger partial charge in [0.05, 0.1) is 28.4 Å². The maximum Gasteiger partial charge on any atom is 0.261 e. The lowest BCUT2D eigenvalue weighted by Crippen LogP contribution is -2.37. The first-order valence-electron chi connectivity index (χ1n) is 10.1. The number of anilines is 1. The lowest BCUT2D eigenvalue weighted by molar-refractivity contribution is 0.0915. The van der Waals surface area contributed by atoms with Gasteiger partial charge in [0.2, 0.25) is 0 Å². The molecule has 3 aromatic rings. The maximum absolute atomic E-state index is 13.7. The molecular weight excluding hydrogens is 400 g/mol. The van der Waals surface area contributed by atoms with Gasteiger partial charge in [0.1, 0.15) is 0 Å². The molecule has 0 aliphatic carbocycles. The summed E-state index contributed by atoms with van der Waals surface area (Å²) in [5, 5.41) is 0.755. The van der Waals surface area contributed by atoms with E-state index in [1.807, 2.05) is 29.2 Å². The molecule has 0 bridgehead atoms. The Hall–Kier alpha value is -1.89. The summed E-state index contributed by atoms with van der Waals surface area (Å²) in [6.07, 6.45) is 2.10. The van der Waals surface area contributed by atoms with Crippen molar-refractivity contribution < 1.29 is 9.53 Å². The van der Waals surface area contributed by atoms with Crippen molar-refractivity contribution in [1.29, 1.82) is 0 Å². The number of hydrogen-bond donors (Lipinski definition) is 0. The van der Waals surface area contributed by atoms with E-state index >= 15 is 0 Å². The third-order valence-electron chi connectivity index (χ3n) is 5.38. The van der Waals surface area contributed by atoms with Gasteiger partial charge in [-0.2, -0.15) is 0 Å². The Labute approximate surface area is 180 Å². The summed E-state index contributed by atoms with van der Waals surface area (Å²) in [6, 6.07) is 12.1. The van der Waals surface area contributed by atoms with Crippen LogP contribution < -0.4 is 4.90 Å². The molecule has 1 aliphatic rings. The van der Waals surface area contributed by atoms with Gasteiger partial charge < -0.3 is 4.74 Å². The summed E-state index contributed by atoms with van der Waals surface area (Å²) in [6.45, 7) is 7.62. The quantitative estimate of drug-likeness (QED) is 0.464. The van der Waals surface area contributed by atoms with E-state index in [0.717, 1.165) is 51.0 Å². The highest BCUT2D eigenvalue weighted by Gasteiger charge is 2.28. The van der Waals surface area contributed by atoms with E-state index in [1.165, 1.54) is 11.1 Å². The Morgan fingerprint density at radius 3 is 2.86 bits per heavy atom. The van der Waals surface area contributed by atoms with Crippen LogP contribution in [0.2, 0.25) is 0 Å². The fourth-order valence-electron chi connectivity index (χ4n) is 3.64. The first-order valence-corrected chi connectivity index (χ1v) is 11.9. The number of carbonyl (C=O) groups is 1. The van der Waals surface area contributed by atoms with Gasteiger partial charge in [-0.05, 0) is 61.8 Å². The molecule has 152 valence electrons. The molecular formula is C23H26N2O2S2. The number of thioether (sulfide) groups is 1. The molecule has 1 amide bonds. The second-order valence-electron chi connectivity index (χ2n) is 7.33. The second-order valence-corrected chi connectivity index (χ2v) is 9.65. The maximum atomic E-state index is 13.7. The molecule has 2 aromatic carbocycles. The summed E-state index contributed by atoms with van der Waals surface area (Å²) in [5.41, 5.74) is 4.13. The van der Waals surface area contributed by atoms with E-state index in [2.05, 4.69) is 32.9 Å². The molecule has 1 saturated heterocycles. The van der Waals surface area contributed by atoms with Crippen LogP contribution in [0.5, 0.6) is 0 Å². The number of thiazole rings is 1. The Kier molecular flexibility index (Phi) is 6.23. The van der Waals surface area contributed by atoms with Crippen LogP contribution in [-0.2, 0) is 4.74 Å². The predicted octanol–water partition coefficient (Wildman–Crippen LogP) is 5.85. The first-order chi connectivity index (χ1) is 14.1. The third-order valence-corrected chi connectivity index (χ3v) is 7.38. The highest BCUT2D eigenvalue weighted by atomic mass is 32.2. The standard InChI is InChI=1S/C23H26N2O2S2/c1-4-28-19-10-6-5-9-18(19)22(26)25(14-17-8-7-13-27-17)23-24-21-16(3)15(2)11-12-20(21)29-23/h5-6,9-12,17H,4,7-8,13-14H2,1-3H3. The van der Waals surface area contributed by atoms with Crippen molar-refractivity contribution in [2.45, 2.75) is 44.6 Å². The molecule has 0 radical (unpaired) electrons. The monoisotopic (exact) mass is 426 g/mol. The van der Waals surface area contributed by atoms with E-state index in [1.54, 1.807) is 23.1 Å². The molecule has 2 heterocycles. The van der Waals surface area contributed by atoms with Crippen LogP contribution in [0.25, 0.3) is 10.2 Å². The molecule has 1 atom stereocenters. The molecule has 4 nitrogen and oxygen atoms in total.